The maximum atomic E-state index is 6.22. The summed E-state index contributed by atoms with van der Waals surface area (Å²) in [5, 5.41) is 2.50. The van der Waals surface area contributed by atoms with Crippen LogP contribution in [-0.4, -0.2) is 5.54 Å². The smallest absolute Gasteiger partial charge is 0.0462 e. The fraction of sp³-hybridized carbons (Fsp3) is 0.125. The highest BCUT2D eigenvalue weighted by molar-refractivity contribution is 5.88. The van der Waals surface area contributed by atoms with Crippen LogP contribution in [0.25, 0.3) is 21.9 Å². The van der Waals surface area contributed by atoms with Gasteiger partial charge in [-0.3, -0.25) is 0 Å². The van der Waals surface area contributed by atoms with Crippen LogP contribution in [-0.2, 0) is 6.42 Å². The Morgan fingerprint density at radius 1 is 0.559 bits per heavy atom. The molecule has 0 aliphatic heterocycles. The van der Waals surface area contributed by atoms with Gasteiger partial charge in [-0.1, -0.05) is 78.9 Å². The monoisotopic (exact) mass is 442 g/mol. The number of fused-ring (bicyclic) bond motifs is 1. The lowest BCUT2D eigenvalue weighted by Gasteiger charge is -2.25. The molecule has 168 valence electrons. The zero-order valence-corrected chi connectivity index (χ0v) is 19.8. The maximum Gasteiger partial charge on any atom is 0.0462 e. The van der Waals surface area contributed by atoms with Crippen molar-refractivity contribution in [2.45, 2.75) is 25.8 Å². The van der Waals surface area contributed by atoms with Gasteiger partial charge in [0, 0.05) is 22.6 Å². The highest BCUT2D eigenvalue weighted by Gasteiger charge is 2.13. The molecule has 2 heteroatoms. The van der Waals surface area contributed by atoms with Crippen molar-refractivity contribution in [3.63, 3.8) is 0 Å². The zero-order valence-electron chi connectivity index (χ0n) is 19.8. The average Bonchev–Trinajstić information content (AvgIpc) is 2.85. The molecular formula is C32H30N2. The molecule has 0 aliphatic rings. The van der Waals surface area contributed by atoms with Crippen molar-refractivity contribution in [2.75, 3.05) is 4.90 Å². The Kier molecular flexibility index (Phi) is 5.91. The number of para-hydroxylation sites is 2. The van der Waals surface area contributed by atoms with E-state index >= 15 is 0 Å². The van der Waals surface area contributed by atoms with E-state index in [9.17, 15) is 0 Å². The van der Waals surface area contributed by atoms with Crippen molar-refractivity contribution >= 4 is 27.8 Å². The minimum atomic E-state index is -0.206. The van der Waals surface area contributed by atoms with Gasteiger partial charge < -0.3 is 10.6 Å². The SMILES string of the molecule is CC(C)(N)Cc1ccc2cc(-c3ccc(N(c4ccccc4)c4ccccc4)cc3)ccc2c1. The summed E-state index contributed by atoms with van der Waals surface area (Å²) in [7, 11) is 0. The highest BCUT2D eigenvalue weighted by atomic mass is 15.1. The summed E-state index contributed by atoms with van der Waals surface area (Å²) in [5.74, 6) is 0. The minimum Gasteiger partial charge on any atom is -0.325 e. The fourth-order valence-electron chi connectivity index (χ4n) is 4.52. The number of anilines is 3. The van der Waals surface area contributed by atoms with Gasteiger partial charge in [0.2, 0.25) is 0 Å². The Morgan fingerprint density at radius 3 is 1.65 bits per heavy atom. The topological polar surface area (TPSA) is 29.3 Å². The Labute approximate surface area is 202 Å². The second kappa shape index (κ2) is 9.17. The van der Waals surface area contributed by atoms with Gasteiger partial charge in [-0.15, -0.1) is 0 Å². The number of nitrogens with two attached hydrogens (primary N) is 1. The first-order valence-electron chi connectivity index (χ1n) is 11.8. The van der Waals surface area contributed by atoms with E-state index in [-0.39, 0.29) is 5.54 Å². The highest BCUT2D eigenvalue weighted by Crippen LogP contribution is 2.35. The van der Waals surface area contributed by atoms with E-state index in [4.69, 9.17) is 5.73 Å². The number of hydrogen-bond acceptors (Lipinski definition) is 2. The lowest BCUT2D eigenvalue weighted by Crippen LogP contribution is -2.34. The molecule has 0 amide bonds. The van der Waals surface area contributed by atoms with Gasteiger partial charge in [-0.2, -0.15) is 0 Å². The molecule has 0 atom stereocenters. The van der Waals surface area contributed by atoms with E-state index in [1.165, 1.54) is 27.5 Å². The molecule has 0 fully saturated rings. The predicted molar refractivity (Wildman–Crippen MR) is 146 cm³/mol. The molecule has 2 N–H and O–H groups in total. The van der Waals surface area contributed by atoms with Crippen LogP contribution < -0.4 is 10.6 Å². The quantitative estimate of drug-likeness (QED) is 0.287. The van der Waals surface area contributed by atoms with Crippen LogP contribution in [0.15, 0.2) is 121 Å². The average molecular weight is 443 g/mol. The van der Waals surface area contributed by atoms with Crippen LogP contribution in [0, 0.1) is 0 Å². The van der Waals surface area contributed by atoms with Crippen LogP contribution in [0.4, 0.5) is 17.1 Å². The normalized spacial score (nSPS) is 11.5. The largest absolute Gasteiger partial charge is 0.325 e. The molecule has 0 radical (unpaired) electrons. The second-order valence-electron chi connectivity index (χ2n) is 9.62. The Hall–Kier alpha value is -3.88. The molecular weight excluding hydrogens is 412 g/mol. The Morgan fingerprint density at radius 2 is 1.06 bits per heavy atom. The van der Waals surface area contributed by atoms with E-state index in [0.29, 0.717) is 0 Å². The van der Waals surface area contributed by atoms with E-state index in [0.717, 1.165) is 23.5 Å². The molecule has 5 aromatic carbocycles. The van der Waals surface area contributed by atoms with Crippen molar-refractivity contribution < 1.29 is 0 Å². The van der Waals surface area contributed by atoms with Gasteiger partial charge in [0.25, 0.3) is 0 Å². The van der Waals surface area contributed by atoms with Crippen LogP contribution in [0.2, 0.25) is 0 Å². The van der Waals surface area contributed by atoms with Crippen molar-refractivity contribution in [3.8, 4) is 11.1 Å². The first-order chi connectivity index (χ1) is 16.5. The zero-order chi connectivity index (χ0) is 23.5. The van der Waals surface area contributed by atoms with Crippen molar-refractivity contribution in [1.29, 1.82) is 0 Å². The van der Waals surface area contributed by atoms with E-state index in [1.807, 2.05) is 0 Å². The van der Waals surface area contributed by atoms with Crippen molar-refractivity contribution in [3.05, 3.63) is 127 Å². The summed E-state index contributed by atoms with van der Waals surface area (Å²) in [6.45, 7) is 4.14. The summed E-state index contributed by atoms with van der Waals surface area (Å²) in [6.07, 6.45) is 0.867. The molecule has 0 bridgehead atoms. The van der Waals surface area contributed by atoms with Crippen LogP contribution >= 0.6 is 0 Å². The molecule has 0 heterocycles. The Balaban J connectivity index is 1.46. The summed E-state index contributed by atoms with van der Waals surface area (Å²) >= 11 is 0. The summed E-state index contributed by atoms with van der Waals surface area (Å²) < 4.78 is 0. The fourth-order valence-corrected chi connectivity index (χ4v) is 4.52. The second-order valence-corrected chi connectivity index (χ2v) is 9.62. The number of hydrogen-bond donors (Lipinski definition) is 1. The van der Waals surface area contributed by atoms with E-state index < -0.39 is 0 Å². The van der Waals surface area contributed by atoms with Gasteiger partial charge in [-0.25, -0.2) is 0 Å². The van der Waals surface area contributed by atoms with Crippen LogP contribution in [0.1, 0.15) is 19.4 Å². The van der Waals surface area contributed by atoms with Crippen molar-refractivity contribution in [1.82, 2.24) is 0 Å². The summed E-state index contributed by atoms with van der Waals surface area (Å²) in [6, 6.07) is 43.2. The molecule has 2 nitrogen and oxygen atoms in total. The Bertz CT molecular complexity index is 1340. The van der Waals surface area contributed by atoms with Crippen molar-refractivity contribution in [2.24, 2.45) is 5.73 Å². The van der Waals surface area contributed by atoms with Gasteiger partial charge in [-0.05, 0) is 90.2 Å². The first kappa shape index (κ1) is 21.9. The minimum absolute atomic E-state index is 0.206. The van der Waals surface area contributed by atoms with Gasteiger partial charge in [0.1, 0.15) is 0 Å². The number of rotatable bonds is 6. The molecule has 5 rings (SSSR count). The van der Waals surface area contributed by atoms with Gasteiger partial charge in [0.15, 0.2) is 0 Å². The maximum absolute atomic E-state index is 6.22. The van der Waals surface area contributed by atoms with Gasteiger partial charge >= 0.3 is 0 Å². The van der Waals surface area contributed by atoms with Crippen LogP contribution in [0.3, 0.4) is 0 Å². The molecule has 0 saturated carbocycles. The van der Waals surface area contributed by atoms with Crippen LogP contribution in [0.5, 0.6) is 0 Å². The van der Waals surface area contributed by atoms with Gasteiger partial charge in [0.05, 0.1) is 0 Å². The molecule has 0 aromatic heterocycles. The first-order valence-corrected chi connectivity index (χ1v) is 11.8. The molecule has 0 saturated heterocycles. The molecule has 0 aliphatic carbocycles. The van der Waals surface area contributed by atoms with E-state index in [2.05, 4.69) is 140 Å². The molecule has 5 aromatic rings. The molecule has 34 heavy (non-hydrogen) atoms. The lowest BCUT2D eigenvalue weighted by molar-refractivity contribution is 0.517. The number of nitrogens with zero attached hydrogens (tertiary/aromatic N) is 1. The third-order valence-corrected chi connectivity index (χ3v) is 6.05. The van der Waals surface area contributed by atoms with E-state index in [1.54, 1.807) is 0 Å². The molecule has 0 unspecified atom stereocenters. The predicted octanol–water partition coefficient (Wildman–Crippen LogP) is 8.26. The summed E-state index contributed by atoms with van der Waals surface area (Å²) in [5.41, 5.74) is 13.1. The third-order valence-electron chi connectivity index (χ3n) is 6.05. The molecule has 0 spiro atoms. The number of benzene rings is 5. The lowest BCUT2D eigenvalue weighted by atomic mass is 9.93. The standard InChI is InChI=1S/C32H30N2/c1-32(2,33)23-24-13-14-28-22-27(16-15-26(28)21-24)25-17-19-31(20-18-25)34(29-9-5-3-6-10-29)30-11-7-4-8-12-30/h3-22H,23,33H2,1-2H3. The summed E-state index contributed by atoms with van der Waals surface area (Å²) in [4.78, 5) is 2.28. The third kappa shape index (κ3) is 4.88.